The summed E-state index contributed by atoms with van der Waals surface area (Å²) in [6.07, 6.45) is 1.73. The van der Waals surface area contributed by atoms with Gasteiger partial charge in [-0.1, -0.05) is 94.6 Å². The Kier molecular flexibility index (Phi) is 7.81. The van der Waals surface area contributed by atoms with E-state index in [9.17, 15) is 0 Å². The van der Waals surface area contributed by atoms with Crippen molar-refractivity contribution in [1.82, 2.24) is 0 Å². The van der Waals surface area contributed by atoms with Crippen molar-refractivity contribution in [3.63, 3.8) is 0 Å². The monoisotopic (exact) mass is 536 g/mol. The van der Waals surface area contributed by atoms with E-state index in [-0.39, 0.29) is 41.7 Å². The molecule has 4 fully saturated rings. The second kappa shape index (κ2) is 10.8. The van der Waals surface area contributed by atoms with E-state index in [0.717, 1.165) is 22.3 Å². The molecule has 4 aliphatic rings. The van der Waals surface area contributed by atoms with Gasteiger partial charge in [0.25, 0.3) is 6.48 Å². The highest BCUT2D eigenvalue weighted by Gasteiger charge is 2.64. The van der Waals surface area contributed by atoms with E-state index in [1.165, 1.54) is 0 Å². The van der Waals surface area contributed by atoms with Crippen LogP contribution in [0.4, 0.5) is 0 Å². The minimum absolute atomic E-state index is 0.0324. The van der Waals surface area contributed by atoms with Crippen LogP contribution in [0.25, 0.3) is 12.2 Å². The Morgan fingerprint density at radius 3 is 1.47 bits per heavy atom. The van der Waals surface area contributed by atoms with E-state index in [2.05, 4.69) is 71.3 Å². The van der Waals surface area contributed by atoms with Crippen LogP contribution in [0, 0.1) is 0 Å². The molecule has 204 valence electrons. The Bertz CT molecular complexity index is 1050. The number of ether oxygens (including phenoxy) is 5. The van der Waals surface area contributed by atoms with Gasteiger partial charge in [0.15, 0.2) is 8.32 Å². The van der Waals surface area contributed by atoms with Crippen LogP contribution >= 0.6 is 0 Å². The number of benzene rings is 2. The molecule has 2 aromatic rings. The zero-order chi connectivity index (χ0) is 27.1. The SMILES string of the molecule is C=Cc1ccc(CO[C@@H]2C3OC4O[C@@H]2C(O[Si](C)(C)C(C)(C)C)[C@H](O4)[C@H]3OCc2ccc(C=C)cc2)cc1. The summed E-state index contributed by atoms with van der Waals surface area (Å²) in [7, 11) is -2.15. The molecule has 0 amide bonds. The molecular weight excluding hydrogens is 496 g/mol. The van der Waals surface area contributed by atoms with E-state index < -0.39 is 14.8 Å². The minimum atomic E-state index is -2.15. The van der Waals surface area contributed by atoms with Gasteiger partial charge >= 0.3 is 0 Å². The highest BCUT2D eigenvalue weighted by molar-refractivity contribution is 6.74. The lowest BCUT2D eigenvalue weighted by molar-refractivity contribution is -0.485. The molecule has 1 saturated carbocycles. The van der Waals surface area contributed by atoms with Gasteiger partial charge in [0.1, 0.15) is 36.6 Å². The molecule has 0 N–H and O–H groups in total. The number of hydrogen-bond donors (Lipinski definition) is 0. The van der Waals surface area contributed by atoms with Crippen molar-refractivity contribution < 1.29 is 28.1 Å². The lowest BCUT2D eigenvalue weighted by Gasteiger charge is -2.60. The first-order valence-electron chi connectivity index (χ1n) is 13.4. The normalized spacial score (nSPS) is 30.4. The van der Waals surface area contributed by atoms with Gasteiger partial charge in [-0.2, -0.15) is 0 Å². The summed E-state index contributed by atoms with van der Waals surface area (Å²) in [5.41, 5.74) is 4.29. The fraction of sp³-hybridized carbons (Fsp3) is 0.484. The van der Waals surface area contributed by atoms with Crippen molar-refractivity contribution in [2.75, 3.05) is 0 Å². The molecule has 0 radical (unpaired) electrons. The van der Waals surface area contributed by atoms with Gasteiger partial charge in [0.05, 0.1) is 13.2 Å². The smallest absolute Gasteiger partial charge is 0.272 e. The Labute approximate surface area is 227 Å². The molecule has 0 aromatic heterocycles. The van der Waals surface area contributed by atoms with Crippen molar-refractivity contribution in [2.24, 2.45) is 0 Å². The predicted molar refractivity (Wildman–Crippen MR) is 151 cm³/mol. The van der Waals surface area contributed by atoms with Crippen molar-refractivity contribution in [2.45, 2.75) is 95.2 Å². The molecule has 3 unspecified atom stereocenters. The maximum atomic E-state index is 6.96. The van der Waals surface area contributed by atoms with Gasteiger partial charge in [-0.15, -0.1) is 0 Å². The first-order valence-corrected chi connectivity index (χ1v) is 16.3. The van der Waals surface area contributed by atoms with Crippen molar-refractivity contribution in [3.8, 4) is 0 Å². The van der Waals surface area contributed by atoms with E-state index >= 15 is 0 Å². The van der Waals surface area contributed by atoms with E-state index in [1.807, 2.05) is 36.4 Å². The molecule has 7 heteroatoms. The van der Waals surface area contributed by atoms with Crippen molar-refractivity contribution >= 4 is 20.5 Å². The van der Waals surface area contributed by atoms with Crippen molar-refractivity contribution in [3.05, 3.63) is 83.9 Å². The highest BCUT2D eigenvalue weighted by atomic mass is 28.4. The molecule has 38 heavy (non-hydrogen) atoms. The topological polar surface area (TPSA) is 55.4 Å². The lowest BCUT2D eigenvalue weighted by atomic mass is 9.82. The quantitative estimate of drug-likeness (QED) is 0.332. The molecule has 3 saturated heterocycles. The summed E-state index contributed by atoms with van der Waals surface area (Å²) >= 11 is 0. The lowest BCUT2D eigenvalue weighted by Crippen LogP contribution is -2.77. The van der Waals surface area contributed by atoms with Gasteiger partial charge in [0, 0.05) is 0 Å². The Hall–Kier alpha value is -2.10. The molecular formula is C31H40O6Si. The highest BCUT2D eigenvalue weighted by Crippen LogP contribution is 2.47. The van der Waals surface area contributed by atoms with Crippen LogP contribution in [0.3, 0.4) is 0 Å². The second-order valence-corrected chi connectivity index (χ2v) is 16.6. The van der Waals surface area contributed by atoms with Crippen LogP contribution in [-0.2, 0) is 41.3 Å². The van der Waals surface area contributed by atoms with Gasteiger partial charge in [-0.05, 0) is 40.4 Å². The van der Waals surface area contributed by atoms with Crippen LogP contribution < -0.4 is 0 Å². The predicted octanol–water partition coefficient (Wildman–Crippen LogP) is 6.31. The third kappa shape index (κ3) is 5.47. The zero-order valence-corrected chi connectivity index (χ0v) is 24.1. The summed E-state index contributed by atoms with van der Waals surface area (Å²) in [5, 5.41) is 0.0324. The Balaban J connectivity index is 1.39. The van der Waals surface area contributed by atoms with E-state index in [4.69, 9.17) is 28.1 Å². The fourth-order valence-electron chi connectivity index (χ4n) is 4.98. The van der Waals surface area contributed by atoms with E-state index in [1.54, 1.807) is 0 Å². The van der Waals surface area contributed by atoms with Crippen LogP contribution in [0.15, 0.2) is 61.7 Å². The molecule has 0 spiro atoms. The summed E-state index contributed by atoms with van der Waals surface area (Å²) in [6.45, 7) is 19.0. The first-order chi connectivity index (χ1) is 18.1. The Morgan fingerprint density at radius 1 is 0.711 bits per heavy atom. The summed E-state index contributed by atoms with van der Waals surface area (Å²) in [6, 6.07) is 16.4. The largest absolute Gasteiger partial charge is 0.408 e. The summed E-state index contributed by atoms with van der Waals surface area (Å²) < 4.78 is 38.6. The van der Waals surface area contributed by atoms with E-state index in [0.29, 0.717) is 13.2 Å². The molecule has 3 aliphatic heterocycles. The van der Waals surface area contributed by atoms with Gasteiger partial charge < -0.3 is 28.1 Å². The zero-order valence-electron chi connectivity index (χ0n) is 23.1. The van der Waals surface area contributed by atoms with Gasteiger partial charge in [-0.25, -0.2) is 0 Å². The maximum absolute atomic E-state index is 6.96. The van der Waals surface area contributed by atoms with Crippen LogP contribution in [0.1, 0.15) is 43.0 Å². The van der Waals surface area contributed by atoms with Crippen molar-refractivity contribution in [1.29, 1.82) is 0 Å². The number of rotatable bonds is 10. The molecule has 6 rings (SSSR count). The average Bonchev–Trinajstić information content (AvgIpc) is 2.89. The maximum Gasteiger partial charge on any atom is 0.272 e. The average molecular weight is 537 g/mol. The third-order valence-corrected chi connectivity index (χ3v) is 12.8. The summed E-state index contributed by atoms with van der Waals surface area (Å²) in [5.74, 6) is 0. The second-order valence-electron chi connectivity index (χ2n) is 11.9. The Morgan fingerprint density at radius 2 is 1.11 bits per heavy atom. The van der Waals surface area contributed by atoms with Gasteiger partial charge in [-0.3, -0.25) is 0 Å². The first kappa shape index (κ1) is 27.5. The third-order valence-electron chi connectivity index (χ3n) is 8.30. The molecule has 4 bridgehead atoms. The van der Waals surface area contributed by atoms with Crippen LogP contribution in [0.2, 0.25) is 18.1 Å². The molecule has 7 atom stereocenters. The van der Waals surface area contributed by atoms with Crippen LogP contribution in [0.5, 0.6) is 0 Å². The minimum Gasteiger partial charge on any atom is -0.408 e. The molecule has 3 heterocycles. The molecule has 2 aromatic carbocycles. The summed E-state index contributed by atoms with van der Waals surface area (Å²) in [4.78, 5) is 0. The fourth-order valence-corrected chi connectivity index (χ4v) is 6.28. The standard InChI is InChI=1S/C31H40O6Si/c1-8-20-10-14-22(15-11-20)18-32-24-26-25(33-19-23-16-12-21(9-2)13-17-23)28-29(27(24)35-30(34-26)36-28)37-38(6,7)31(3,4)5/h8-17,24-30H,1-2,18-19H2,3-7H3/t24-,25+,26?,27+,28-,29?,30?. The van der Waals surface area contributed by atoms with Crippen LogP contribution in [-0.4, -0.2) is 51.4 Å². The molecule has 6 nitrogen and oxygen atoms in total. The number of hydrogen-bond acceptors (Lipinski definition) is 6. The van der Waals surface area contributed by atoms with Gasteiger partial charge in [0.2, 0.25) is 0 Å². The molecule has 1 aliphatic carbocycles.